The first-order valence-corrected chi connectivity index (χ1v) is 5.23. The maximum atomic E-state index is 11.0. The number of carbonyl (C=O) groups is 1. The Kier molecular flexibility index (Phi) is 4.04. The molecule has 0 aliphatic heterocycles. The van der Waals surface area contributed by atoms with Gasteiger partial charge in [0.1, 0.15) is 0 Å². The lowest BCUT2D eigenvalue weighted by Gasteiger charge is -2.08. The van der Waals surface area contributed by atoms with Crippen LogP contribution in [-0.4, -0.2) is 13.1 Å². The Bertz CT molecular complexity index is 371. The van der Waals surface area contributed by atoms with E-state index in [1.807, 2.05) is 0 Å². The van der Waals surface area contributed by atoms with Crippen molar-refractivity contribution in [1.82, 2.24) is 5.32 Å². The minimum atomic E-state index is -0.342. The standard InChI is InChI=1S/C8H7BrCl2N2O/c1-12-8(14)13-5-3-2-4(9)6(10)7(5)11/h2-3H,1H3,(H2,12,13,14). The molecule has 6 heteroatoms. The topological polar surface area (TPSA) is 41.1 Å². The van der Waals surface area contributed by atoms with Crippen molar-refractivity contribution < 1.29 is 4.79 Å². The van der Waals surface area contributed by atoms with Crippen molar-refractivity contribution in [3.8, 4) is 0 Å². The van der Waals surface area contributed by atoms with E-state index >= 15 is 0 Å². The molecule has 1 rings (SSSR count). The molecule has 1 aromatic rings. The fraction of sp³-hybridized carbons (Fsp3) is 0.125. The van der Waals surface area contributed by atoms with E-state index in [-0.39, 0.29) is 6.03 Å². The second-order valence-electron chi connectivity index (χ2n) is 2.43. The first kappa shape index (κ1) is 11.6. The monoisotopic (exact) mass is 296 g/mol. The molecule has 0 spiro atoms. The lowest BCUT2D eigenvalue weighted by Crippen LogP contribution is -2.24. The molecular formula is C8H7BrCl2N2O. The van der Waals surface area contributed by atoms with Crippen LogP contribution in [-0.2, 0) is 0 Å². The minimum absolute atomic E-state index is 0.310. The number of rotatable bonds is 1. The third-order valence-corrected chi connectivity index (χ3v) is 3.28. The molecule has 0 fully saturated rings. The minimum Gasteiger partial charge on any atom is -0.341 e. The van der Waals surface area contributed by atoms with E-state index < -0.39 is 0 Å². The third kappa shape index (κ3) is 2.53. The van der Waals surface area contributed by atoms with Gasteiger partial charge >= 0.3 is 6.03 Å². The number of amides is 2. The summed E-state index contributed by atoms with van der Waals surface area (Å²) in [5.41, 5.74) is 0.471. The Hall–Kier alpha value is -0.450. The van der Waals surface area contributed by atoms with Crippen molar-refractivity contribution in [3.05, 3.63) is 26.7 Å². The molecule has 2 N–H and O–H groups in total. The Morgan fingerprint density at radius 1 is 1.36 bits per heavy atom. The SMILES string of the molecule is CNC(=O)Nc1ccc(Br)c(Cl)c1Cl. The maximum absolute atomic E-state index is 11.0. The zero-order valence-electron chi connectivity index (χ0n) is 7.20. The van der Waals surface area contributed by atoms with E-state index in [2.05, 4.69) is 26.6 Å². The predicted octanol–water partition coefficient (Wildman–Crippen LogP) is 3.51. The number of carbonyl (C=O) groups excluding carboxylic acids is 1. The van der Waals surface area contributed by atoms with E-state index in [0.29, 0.717) is 20.2 Å². The fourth-order valence-corrected chi connectivity index (χ4v) is 1.63. The predicted molar refractivity (Wildman–Crippen MR) is 62.2 cm³/mol. The van der Waals surface area contributed by atoms with Crippen LogP contribution < -0.4 is 10.6 Å². The van der Waals surface area contributed by atoms with E-state index in [1.165, 1.54) is 7.05 Å². The van der Waals surface area contributed by atoms with Crippen molar-refractivity contribution in [2.75, 3.05) is 12.4 Å². The molecule has 3 nitrogen and oxygen atoms in total. The molecule has 0 aliphatic rings. The van der Waals surface area contributed by atoms with Crippen LogP contribution >= 0.6 is 39.1 Å². The van der Waals surface area contributed by atoms with Crippen molar-refractivity contribution in [2.24, 2.45) is 0 Å². The second-order valence-corrected chi connectivity index (χ2v) is 4.04. The van der Waals surface area contributed by atoms with Crippen LogP contribution in [0, 0.1) is 0 Å². The van der Waals surface area contributed by atoms with Crippen LogP contribution in [0.5, 0.6) is 0 Å². The smallest absolute Gasteiger partial charge is 0.319 e. The second kappa shape index (κ2) is 4.87. The van der Waals surface area contributed by atoms with Gasteiger partial charge in [-0.1, -0.05) is 23.2 Å². The number of hydrogen-bond acceptors (Lipinski definition) is 1. The van der Waals surface area contributed by atoms with Crippen LogP contribution in [0.4, 0.5) is 10.5 Å². The number of hydrogen-bond donors (Lipinski definition) is 2. The number of benzene rings is 1. The molecule has 0 bridgehead atoms. The van der Waals surface area contributed by atoms with Gasteiger partial charge in [-0.3, -0.25) is 0 Å². The summed E-state index contributed by atoms with van der Waals surface area (Å²) < 4.78 is 0.687. The Morgan fingerprint density at radius 2 is 2.00 bits per heavy atom. The molecule has 2 amide bonds. The van der Waals surface area contributed by atoms with Gasteiger partial charge in [-0.2, -0.15) is 0 Å². The first-order chi connectivity index (χ1) is 6.56. The van der Waals surface area contributed by atoms with Crippen molar-refractivity contribution in [2.45, 2.75) is 0 Å². The van der Waals surface area contributed by atoms with Gasteiger partial charge in [-0.15, -0.1) is 0 Å². The van der Waals surface area contributed by atoms with Gasteiger partial charge in [0.25, 0.3) is 0 Å². The van der Waals surface area contributed by atoms with Crippen molar-refractivity contribution in [3.63, 3.8) is 0 Å². The van der Waals surface area contributed by atoms with Gasteiger partial charge in [-0.25, -0.2) is 4.79 Å². The number of halogens is 3. The highest BCUT2D eigenvalue weighted by Crippen LogP contribution is 2.35. The molecule has 14 heavy (non-hydrogen) atoms. The lowest BCUT2D eigenvalue weighted by molar-refractivity contribution is 0.254. The highest BCUT2D eigenvalue weighted by Gasteiger charge is 2.09. The zero-order valence-corrected chi connectivity index (χ0v) is 10.3. The molecule has 0 radical (unpaired) electrons. The molecule has 0 unspecified atom stereocenters. The highest BCUT2D eigenvalue weighted by atomic mass is 79.9. The van der Waals surface area contributed by atoms with Gasteiger partial charge in [0.2, 0.25) is 0 Å². The van der Waals surface area contributed by atoms with Crippen LogP contribution in [0.15, 0.2) is 16.6 Å². The lowest BCUT2D eigenvalue weighted by atomic mass is 10.3. The van der Waals surface area contributed by atoms with Crippen molar-refractivity contribution in [1.29, 1.82) is 0 Å². The zero-order chi connectivity index (χ0) is 10.7. The van der Waals surface area contributed by atoms with E-state index in [4.69, 9.17) is 23.2 Å². The summed E-state index contributed by atoms with van der Waals surface area (Å²) in [4.78, 5) is 11.0. The highest BCUT2D eigenvalue weighted by molar-refractivity contribution is 9.10. The summed E-state index contributed by atoms with van der Waals surface area (Å²) in [6.07, 6.45) is 0. The Morgan fingerprint density at radius 3 is 2.57 bits per heavy atom. The molecule has 1 aromatic carbocycles. The third-order valence-electron chi connectivity index (χ3n) is 1.51. The van der Waals surface area contributed by atoms with E-state index in [0.717, 1.165) is 0 Å². The number of urea groups is 1. The molecule has 0 heterocycles. The molecule has 0 atom stereocenters. The molecule has 0 saturated carbocycles. The van der Waals surface area contributed by atoms with Crippen LogP contribution in [0.2, 0.25) is 10.0 Å². The summed E-state index contributed by atoms with van der Waals surface area (Å²) in [5, 5.41) is 5.64. The van der Waals surface area contributed by atoms with Gasteiger partial charge in [0.05, 0.1) is 15.7 Å². The summed E-state index contributed by atoms with van der Waals surface area (Å²) in [6.45, 7) is 0. The Balaban J connectivity index is 3.00. The summed E-state index contributed by atoms with van der Waals surface area (Å²) >= 11 is 15.0. The largest absolute Gasteiger partial charge is 0.341 e. The van der Waals surface area contributed by atoms with Crippen LogP contribution in [0.3, 0.4) is 0 Å². The van der Waals surface area contributed by atoms with E-state index in [9.17, 15) is 4.79 Å². The number of nitrogens with one attached hydrogen (secondary N) is 2. The Labute approximate surface area is 99.9 Å². The van der Waals surface area contributed by atoms with Gasteiger partial charge in [0, 0.05) is 11.5 Å². The molecule has 0 aliphatic carbocycles. The van der Waals surface area contributed by atoms with Gasteiger partial charge in [-0.05, 0) is 28.1 Å². The average molecular weight is 298 g/mol. The van der Waals surface area contributed by atoms with Crippen molar-refractivity contribution >= 4 is 50.9 Å². The maximum Gasteiger partial charge on any atom is 0.319 e. The van der Waals surface area contributed by atoms with Crippen LogP contribution in [0.1, 0.15) is 0 Å². The molecule has 0 saturated heterocycles. The quantitative estimate of drug-likeness (QED) is 0.765. The number of anilines is 1. The molecule has 0 aromatic heterocycles. The summed E-state index contributed by atoms with van der Waals surface area (Å²) in [5.74, 6) is 0. The molecular weight excluding hydrogens is 291 g/mol. The van der Waals surface area contributed by atoms with E-state index in [1.54, 1.807) is 12.1 Å². The fourth-order valence-electron chi connectivity index (χ4n) is 0.807. The van der Waals surface area contributed by atoms with Gasteiger partial charge in [0.15, 0.2) is 0 Å². The normalized spacial score (nSPS) is 9.71. The first-order valence-electron chi connectivity index (χ1n) is 3.68. The molecule has 76 valence electrons. The summed E-state index contributed by atoms with van der Waals surface area (Å²) in [6, 6.07) is 3.03. The van der Waals surface area contributed by atoms with Crippen LogP contribution in [0.25, 0.3) is 0 Å². The van der Waals surface area contributed by atoms with Gasteiger partial charge < -0.3 is 10.6 Å². The average Bonchev–Trinajstić information content (AvgIpc) is 2.19. The summed E-state index contributed by atoms with van der Waals surface area (Å²) in [7, 11) is 1.52.